The second-order valence-electron chi connectivity index (χ2n) is 4.45. The predicted octanol–water partition coefficient (Wildman–Crippen LogP) is 2.15. The molecule has 0 bridgehead atoms. The first-order valence-electron chi connectivity index (χ1n) is 6.11. The van der Waals surface area contributed by atoms with Gasteiger partial charge in [0, 0.05) is 24.2 Å². The van der Waals surface area contributed by atoms with Crippen molar-refractivity contribution in [1.82, 2.24) is 9.72 Å². The third kappa shape index (κ3) is 1.64. The number of fused-ring (bicyclic) bond motifs is 3. The topological polar surface area (TPSA) is 70.8 Å². The van der Waals surface area contributed by atoms with Crippen LogP contribution in [0.3, 0.4) is 0 Å². The summed E-state index contributed by atoms with van der Waals surface area (Å²) < 4.78 is 1.78. The maximum absolute atomic E-state index is 11.7. The summed E-state index contributed by atoms with van der Waals surface area (Å²) in [6.07, 6.45) is 1.79. The first kappa shape index (κ1) is 12.2. The van der Waals surface area contributed by atoms with Crippen LogP contribution in [-0.4, -0.2) is 28.4 Å². The summed E-state index contributed by atoms with van der Waals surface area (Å²) >= 11 is 0. The van der Waals surface area contributed by atoms with E-state index in [1.807, 2.05) is 6.07 Å². The first-order valence-corrected chi connectivity index (χ1v) is 6.11. The lowest BCUT2D eigenvalue weighted by atomic mass is 10.1. The lowest BCUT2D eigenvalue weighted by Gasteiger charge is -2.01. The van der Waals surface area contributed by atoms with Gasteiger partial charge in [-0.05, 0) is 24.3 Å². The number of hydrogen-bond acceptors (Lipinski definition) is 2. The van der Waals surface area contributed by atoms with Crippen LogP contribution in [0.4, 0.5) is 0 Å². The van der Waals surface area contributed by atoms with Crippen molar-refractivity contribution in [1.29, 1.82) is 0 Å². The lowest BCUT2D eigenvalue weighted by molar-refractivity contribution is 0.0701. The number of pyridine rings is 1. The van der Waals surface area contributed by atoms with E-state index >= 15 is 0 Å². The van der Waals surface area contributed by atoms with E-state index in [1.165, 1.54) is 0 Å². The molecule has 2 heterocycles. The van der Waals surface area contributed by atoms with Gasteiger partial charge in [0.25, 0.3) is 5.91 Å². The number of aromatic carboxylic acids is 1. The molecule has 0 spiro atoms. The van der Waals surface area contributed by atoms with Gasteiger partial charge in [-0.15, -0.1) is 0 Å². The Morgan fingerprint density at radius 1 is 1.15 bits per heavy atom. The predicted molar refractivity (Wildman–Crippen MR) is 75.3 cm³/mol. The molecule has 0 fully saturated rings. The van der Waals surface area contributed by atoms with E-state index in [4.69, 9.17) is 0 Å². The largest absolute Gasteiger partial charge is 0.478 e. The van der Waals surface area contributed by atoms with Gasteiger partial charge in [0.2, 0.25) is 0 Å². The molecule has 5 heteroatoms. The quantitative estimate of drug-likeness (QED) is 0.748. The van der Waals surface area contributed by atoms with Crippen molar-refractivity contribution in [2.45, 2.75) is 0 Å². The summed E-state index contributed by atoms with van der Waals surface area (Å²) in [5.74, 6) is -1.17. The molecule has 0 aliphatic heterocycles. The van der Waals surface area contributed by atoms with Crippen LogP contribution in [0.2, 0.25) is 0 Å². The van der Waals surface area contributed by atoms with Gasteiger partial charge in [-0.1, -0.05) is 12.1 Å². The smallest absolute Gasteiger partial charge is 0.338 e. The normalized spacial score (nSPS) is 10.8. The molecule has 3 rings (SSSR count). The molecule has 2 aromatic heterocycles. The summed E-state index contributed by atoms with van der Waals surface area (Å²) in [6.45, 7) is 0. The first-order chi connectivity index (χ1) is 9.63. The molecule has 5 nitrogen and oxygen atoms in total. The minimum absolute atomic E-state index is 0.199. The molecule has 2 N–H and O–H groups in total. The van der Waals surface area contributed by atoms with Crippen molar-refractivity contribution in [2.24, 2.45) is 0 Å². The molecule has 0 aliphatic rings. The molecule has 0 saturated heterocycles. The van der Waals surface area contributed by atoms with Gasteiger partial charge in [0.1, 0.15) is 0 Å². The molecule has 0 radical (unpaired) electrons. The summed E-state index contributed by atoms with van der Waals surface area (Å²) in [5, 5.41) is 12.6. The van der Waals surface area contributed by atoms with Crippen molar-refractivity contribution < 1.29 is 14.7 Å². The number of amides is 1. The molecule has 0 unspecified atom stereocenters. The lowest BCUT2D eigenvalue weighted by Crippen LogP contribution is -2.17. The number of nitrogens with zero attached hydrogens (tertiary/aromatic N) is 1. The highest BCUT2D eigenvalue weighted by Gasteiger charge is 2.18. The number of benzene rings is 1. The minimum atomic E-state index is -0.976. The number of rotatable bonds is 2. The number of carboxylic acids is 1. The number of carboxylic acid groups (broad SMARTS) is 1. The van der Waals surface area contributed by atoms with Crippen molar-refractivity contribution in [3.05, 3.63) is 53.7 Å². The number of aromatic nitrogens is 1. The van der Waals surface area contributed by atoms with E-state index in [2.05, 4.69) is 5.32 Å². The highest BCUT2D eigenvalue weighted by atomic mass is 16.4. The van der Waals surface area contributed by atoms with Gasteiger partial charge in [0.15, 0.2) is 0 Å². The maximum atomic E-state index is 11.7. The highest BCUT2D eigenvalue weighted by molar-refractivity contribution is 6.12. The van der Waals surface area contributed by atoms with E-state index in [9.17, 15) is 14.7 Å². The summed E-state index contributed by atoms with van der Waals surface area (Å²) in [6, 6.07) is 10.4. The fraction of sp³-hybridized carbons (Fsp3) is 0.0667. The van der Waals surface area contributed by atoms with Crippen LogP contribution in [0.1, 0.15) is 20.7 Å². The van der Waals surface area contributed by atoms with Crippen molar-refractivity contribution in [3.63, 3.8) is 0 Å². The molecular weight excluding hydrogens is 256 g/mol. The molecule has 100 valence electrons. The SMILES string of the molecule is CNC(=O)c1ccc2c(C(=O)O)c3ccccn3c2c1. The van der Waals surface area contributed by atoms with Gasteiger partial charge in [-0.25, -0.2) is 4.79 Å². The molecule has 0 aliphatic carbocycles. The number of hydrogen-bond donors (Lipinski definition) is 2. The third-order valence-electron chi connectivity index (χ3n) is 3.35. The van der Waals surface area contributed by atoms with Crippen LogP contribution in [0.25, 0.3) is 16.4 Å². The van der Waals surface area contributed by atoms with Crippen LogP contribution in [-0.2, 0) is 0 Å². The molecule has 0 atom stereocenters. The third-order valence-corrected chi connectivity index (χ3v) is 3.35. The summed E-state index contributed by atoms with van der Waals surface area (Å²) in [7, 11) is 1.56. The summed E-state index contributed by atoms with van der Waals surface area (Å²) in [4.78, 5) is 23.2. The number of carbonyl (C=O) groups excluding carboxylic acids is 1. The van der Waals surface area contributed by atoms with Crippen molar-refractivity contribution in [2.75, 3.05) is 7.05 Å². The molecule has 3 aromatic rings. The summed E-state index contributed by atoms with van der Waals surface area (Å²) in [5.41, 5.74) is 2.08. The molecule has 0 saturated carbocycles. The zero-order chi connectivity index (χ0) is 14.3. The van der Waals surface area contributed by atoms with Gasteiger partial charge in [-0.2, -0.15) is 0 Å². The Hall–Kier alpha value is -2.82. The monoisotopic (exact) mass is 268 g/mol. The molecule has 1 aromatic carbocycles. The number of nitrogens with one attached hydrogen (secondary N) is 1. The Morgan fingerprint density at radius 3 is 2.65 bits per heavy atom. The van der Waals surface area contributed by atoms with Crippen LogP contribution in [0.15, 0.2) is 42.6 Å². The molecule has 1 amide bonds. The average Bonchev–Trinajstić information content (AvgIpc) is 2.80. The maximum Gasteiger partial charge on any atom is 0.338 e. The van der Waals surface area contributed by atoms with Gasteiger partial charge >= 0.3 is 5.97 Å². The second kappa shape index (κ2) is 4.38. The fourth-order valence-corrected chi connectivity index (χ4v) is 2.45. The highest BCUT2D eigenvalue weighted by Crippen LogP contribution is 2.27. The van der Waals surface area contributed by atoms with Crippen molar-refractivity contribution in [3.8, 4) is 0 Å². The molecule has 20 heavy (non-hydrogen) atoms. The van der Waals surface area contributed by atoms with E-state index < -0.39 is 5.97 Å². The van der Waals surface area contributed by atoms with Gasteiger partial charge in [0.05, 0.1) is 16.6 Å². The Labute approximate surface area is 114 Å². The van der Waals surface area contributed by atoms with Gasteiger partial charge < -0.3 is 14.8 Å². The van der Waals surface area contributed by atoms with Crippen LogP contribution in [0.5, 0.6) is 0 Å². The zero-order valence-corrected chi connectivity index (χ0v) is 10.8. The minimum Gasteiger partial charge on any atom is -0.478 e. The van der Waals surface area contributed by atoms with Crippen LogP contribution < -0.4 is 5.32 Å². The van der Waals surface area contributed by atoms with E-state index in [0.717, 1.165) is 0 Å². The van der Waals surface area contributed by atoms with E-state index in [-0.39, 0.29) is 11.5 Å². The Kier molecular flexibility index (Phi) is 2.68. The van der Waals surface area contributed by atoms with E-state index in [1.54, 1.807) is 48.0 Å². The average molecular weight is 268 g/mol. The molecular formula is C15H12N2O3. The van der Waals surface area contributed by atoms with E-state index in [0.29, 0.717) is 22.0 Å². The Bertz CT molecular complexity index is 849. The standard InChI is InChI=1S/C15H12N2O3/c1-16-14(18)9-5-6-10-12(8-9)17-7-3-2-4-11(17)13(10)15(19)20/h2-8H,1H3,(H,16,18)(H,19,20). The Balaban J connectivity index is 2.44. The number of carbonyl (C=O) groups is 2. The fourth-order valence-electron chi connectivity index (χ4n) is 2.45. The van der Waals surface area contributed by atoms with Crippen LogP contribution in [0, 0.1) is 0 Å². The second-order valence-corrected chi connectivity index (χ2v) is 4.45. The zero-order valence-electron chi connectivity index (χ0n) is 10.8. The Morgan fingerprint density at radius 2 is 1.95 bits per heavy atom. The van der Waals surface area contributed by atoms with Gasteiger partial charge in [-0.3, -0.25) is 4.79 Å². The van der Waals surface area contributed by atoms with Crippen LogP contribution >= 0.6 is 0 Å². The van der Waals surface area contributed by atoms with Crippen molar-refractivity contribution >= 4 is 28.3 Å².